The van der Waals surface area contributed by atoms with E-state index in [1.54, 1.807) is 0 Å². The summed E-state index contributed by atoms with van der Waals surface area (Å²) in [6.07, 6.45) is 6.68. The third-order valence-corrected chi connectivity index (χ3v) is 6.06. The Balaban J connectivity index is 2.50. The first kappa shape index (κ1) is 14.5. The number of sulfonamides is 1. The van der Waals surface area contributed by atoms with Gasteiger partial charge in [-0.05, 0) is 24.7 Å². The number of alkyl halides is 1. The zero-order chi connectivity index (χ0) is 12.1. The van der Waals surface area contributed by atoms with Gasteiger partial charge in [0.15, 0.2) is 0 Å². The van der Waals surface area contributed by atoms with E-state index < -0.39 is 10.0 Å². The zero-order valence-corrected chi connectivity index (χ0v) is 12.4. The Bertz CT molecular complexity index is 297. The average molecular weight is 312 g/mol. The fourth-order valence-electron chi connectivity index (χ4n) is 2.26. The Hall–Kier alpha value is 0.390. The minimum absolute atomic E-state index is 0.152. The quantitative estimate of drug-likeness (QED) is 0.767. The number of rotatable bonds is 6. The SMILES string of the molecule is CCCS(=O)(=O)NCC1(CBr)CCCCC1. The molecule has 16 heavy (non-hydrogen) atoms. The summed E-state index contributed by atoms with van der Waals surface area (Å²) >= 11 is 3.54. The van der Waals surface area contributed by atoms with Gasteiger partial charge in [-0.25, -0.2) is 13.1 Å². The van der Waals surface area contributed by atoms with Crippen molar-refractivity contribution in [1.82, 2.24) is 4.72 Å². The van der Waals surface area contributed by atoms with Crippen molar-refractivity contribution in [2.24, 2.45) is 5.41 Å². The summed E-state index contributed by atoms with van der Waals surface area (Å²) in [4.78, 5) is 0. The Labute approximate surface area is 108 Å². The molecule has 0 atom stereocenters. The fraction of sp³-hybridized carbons (Fsp3) is 1.00. The molecule has 0 radical (unpaired) electrons. The van der Waals surface area contributed by atoms with Crippen molar-refractivity contribution < 1.29 is 8.42 Å². The second-order valence-corrected chi connectivity index (χ2v) is 7.32. The molecule has 1 rings (SSSR count). The second kappa shape index (κ2) is 6.36. The van der Waals surface area contributed by atoms with Gasteiger partial charge in [-0.15, -0.1) is 0 Å². The molecule has 0 aliphatic heterocycles. The Morgan fingerprint density at radius 2 is 1.88 bits per heavy atom. The maximum Gasteiger partial charge on any atom is 0.211 e. The molecule has 0 aromatic carbocycles. The van der Waals surface area contributed by atoms with Crippen molar-refractivity contribution in [2.45, 2.75) is 45.4 Å². The topological polar surface area (TPSA) is 46.2 Å². The summed E-state index contributed by atoms with van der Waals surface area (Å²) in [5.74, 6) is 0.241. The van der Waals surface area contributed by atoms with Crippen LogP contribution in [0.5, 0.6) is 0 Å². The highest BCUT2D eigenvalue weighted by Crippen LogP contribution is 2.37. The van der Waals surface area contributed by atoms with Gasteiger partial charge in [0, 0.05) is 11.9 Å². The second-order valence-electron chi connectivity index (χ2n) is 4.83. The summed E-state index contributed by atoms with van der Waals surface area (Å²) < 4.78 is 26.0. The average Bonchev–Trinajstić information content (AvgIpc) is 2.28. The predicted molar refractivity (Wildman–Crippen MR) is 71.4 cm³/mol. The van der Waals surface area contributed by atoms with Crippen LogP contribution in [-0.2, 0) is 10.0 Å². The highest BCUT2D eigenvalue weighted by molar-refractivity contribution is 9.09. The lowest BCUT2D eigenvalue weighted by Crippen LogP contribution is -2.40. The Kier molecular flexibility index (Phi) is 5.74. The number of nitrogens with one attached hydrogen (secondary N) is 1. The minimum Gasteiger partial charge on any atom is -0.215 e. The molecule has 0 amide bonds. The predicted octanol–water partition coefficient (Wildman–Crippen LogP) is 2.66. The molecule has 0 spiro atoms. The highest BCUT2D eigenvalue weighted by Gasteiger charge is 2.31. The molecular formula is C11H22BrNO2S. The molecule has 1 saturated carbocycles. The van der Waals surface area contributed by atoms with Gasteiger partial charge in [0.05, 0.1) is 5.75 Å². The summed E-state index contributed by atoms with van der Waals surface area (Å²) in [5.41, 5.74) is 0.152. The Morgan fingerprint density at radius 3 is 2.38 bits per heavy atom. The maximum absolute atomic E-state index is 11.6. The molecule has 0 aromatic heterocycles. The fourth-order valence-corrected chi connectivity index (χ4v) is 4.23. The van der Waals surface area contributed by atoms with E-state index >= 15 is 0 Å². The highest BCUT2D eigenvalue weighted by atomic mass is 79.9. The Morgan fingerprint density at radius 1 is 1.25 bits per heavy atom. The molecule has 0 heterocycles. The van der Waals surface area contributed by atoms with E-state index in [0.717, 1.165) is 18.2 Å². The monoisotopic (exact) mass is 311 g/mol. The van der Waals surface area contributed by atoms with Crippen molar-refractivity contribution in [2.75, 3.05) is 17.6 Å². The standard InChI is InChI=1S/C11H22BrNO2S/c1-2-8-16(14,15)13-10-11(9-12)6-4-3-5-7-11/h13H,2-10H2,1H3. The van der Waals surface area contributed by atoms with Gasteiger partial charge in [0.1, 0.15) is 0 Å². The number of hydrogen-bond donors (Lipinski definition) is 1. The molecule has 1 aliphatic rings. The maximum atomic E-state index is 11.6. The molecule has 96 valence electrons. The van der Waals surface area contributed by atoms with Crippen molar-refractivity contribution in [3.05, 3.63) is 0 Å². The van der Waals surface area contributed by atoms with Crippen LogP contribution >= 0.6 is 15.9 Å². The molecule has 1 fully saturated rings. The first-order chi connectivity index (χ1) is 7.54. The minimum atomic E-state index is -3.05. The van der Waals surface area contributed by atoms with E-state index in [1.165, 1.54) is 19.3 Å². The van der Waals surface area contributed by atoms with Gasteiger partial charge in [0.2, 0.25) is 10.0 Å². The van der Waals surface area contributed by atoms with Crippen molar-refractivity contribution in [3.8, 4) is 0 Å². The van der Waals surface area contributed by atoms with Gasteiger partial charge < -0.3 is 0 Å². The van der Waals surface area contributed by atoms with Crippen LogP contribution in [0.25, 0.3) is 0 Å². The lowest BCUT2D eigenvalue weighted by Gasteiger charge is -2.35. The summed E-state index contributed by atoms with van der Waals surface area (Å²) in [6, 6.07) is 0. The van der Waals surface area contributed by atoms with Crippen LogP contribution in [0.3, 0.4) is 0 Å². The van der Waals surface area contributed by atoms with Crippen molar-refractivity contribution >= 4 is 26.0 Å². The normalized spacial score (nSPS) is 20.9. The third-order valence-electron chi connectivity index (χ3n) is 3.34. The van der Waals surface area contributed by atoms with Crippen molar-refractivity contribution in [1.29, 1.82) is 0 Å². The van der Waals surface area contributed by atoms with Gasteiger partial charge in [-0.3, -0.25) is 0 Å². The first-order valence-electron chi connectivity index (χ1n) is 6.07. The summed E-state index contributed by atoms with van der Waals surface area (Å²) in [6.45, 7) is 2.49. The zero-order valence-electron chi connectivity index (χ0n) is 9.97. The molecule has 5 heteroatoms. The van der Waals surface area contributed by atoms with Crippen LogP contribution < -0.4 is 4.72 Å². The molecule has 0 bridgehead atoms. The molecule has 0 aromatic rings. The van der Waals surface area contributed by atoms with E-state index in [0.29, 0.717) is 13.0 Å². The van der Waals surface area contributed by atoms with Gasteiger partial charge in [-0.1, -0.05) is 42.1 Å². The first-order valence-corrected chi connectivity index (χ1v) is 8.84. The van der Waals surface area contributed by atoms with Crippen LogP contribution in [0.2, 0.25) is 0 Å². The largest absolute Gasteiger partial charge is 0.215 e. The lowest BCUT2D eigenvalue weighted by atomic mass is 9.76. The van der Waals surface area contributed by atoms with E-state index in [4.69, 9.17) is 0 Å². The summed E-state index contributed by atoms with van der Waals surface area (Å²) in [7, 11) is -3.05. The van der Waals surface area contributed by atoms with E-state index in [-0.39, 0.29) is 11.2 Å². The van der Waals surface area contributed by atoms with Crippen LogP contribution in [0, 0.1) is 5.41 Å². The third kappa shape index (κ3) is 4.34. The lowest BCUT2D eigenvalue weighted by molar-refractivity contribution is 0.227. The molecule has 1 N–H and O–H groups in total. The van der Waals surface area contributed by atoms with Gasteiger partial charge >= 0.3 is 0 Å². The van der Waals surface area contributed by atoms with E-state index in [2.05, 4.69) is 20.7 Å². The molecule has 0 saturated heterocycles. The van der Waals surface area contributed by atoms with Crippen molar-refractivity contribution in [3.63, 3.8) is 0 Å². The van der Waals surface area contributed by atoms with Gasteiger partial charge in [0.25, 0.3) is 0 Å². The summed E-state index contributed by atoms with van der Waals surface area (Å²) in [5, 5.41) is 0.897. The van der Waals surface area contributed by atoms with Crippen LogP contribution in [0.1, 0.15) is 45.4 Å². The molecule has 3 nitrogen and oxygen atoms in total. The number of halogens is 1. The smallest absolute Gasteiger partial charge is 0.211 e. The molecule has 1 aliphatic carbocycles. The van der Waals surface area contributed by atoms with Gasteiger partial charge in [-0.2, -0.15) is 0 Å². The van der Waals surface area contributed by atoms with Crippen LogP contribution in [-0.4, -0.2) is 26.0 Å². The van der Waals surface area contributed by atoms with Crippen LogP contribution in [0.4, 0.5) is 0 Å². The number of hydrogen-bond acceptors (Lipinski definition) is 2. The van der Waals surface area contributed by atoms with E-state index in [9.17, 15) is 8.42 Å². The van der Waals surface area contributed by atoms with E-state index in [1.807, 2.05) is 6.92 Å². The molecule has 0 unspecified atom stereocenters. The molecular weight excluding hydrogens is 290 g/mol. The van der Waals surface area contributed by atoms with Crippen LogP contribution in [0.15, 0.2) is 0 Å².